The number of benzene rings is 1. The lowest BCUT2D eigenvalue weighted by Crippen LogP contribution is -3.08. The third-order valence-corrected chi connectivity index (χ3v) is 9.97. The molecule has 0 unspecified atom stereocenters. The number of para-hydroxylation sites is 1. The van der Waals surface area contributed by atoms with Crippen LogP contribution in [0.3, 0.4) is 0 Å². The second kappa shape index (κ2) is 8.00. The number of allylic oxidation sites excluding steroid dienone is 2. The Morgan fingerprint density at radius 2 is 1.96 bits per heavy atom. The molecule has 2 atom stereocenters. The quantitative estimate of drug-likeness (QED) is 0.744. The second-order valence-electron chi connectivity index (χ2n) is 8.11. The maximum atomic E-state index is 6.64. The molecule has 2 fully saturated rings. The van der Waals surface area contributed by atoms with Gasteiger partial charge in [0.05, 0.1) is 37.2 Å². The second-order valence-corrected chi connectivity index (χ2v) is 11.7. The summed E-state index contributed by atoms with van der Waals surface area (Å²) in [6, 6.07) is 10.3. The minimum Gasteiger partial charge on any atom is -0.376 e. The first-order valence-electron chi connectivity index (χ1n) is 10.6. The lowest BCUT2D eigenvalue weighted by Gasteiger charge is -2.31. The van der Waals surface area contributed by atoms with E-state index < -0.39 is 6.42 Å². The van der Waals surface area contributed by atoms with E-state index in [9.17, 15) is 0 Å². The van der Waals surface area contributed by atoms with Gasteiger partial charge < -0.3 is 14.2 Å². The lowest BCUT2D eigenvalue weighted by molar-refractivity contribution is -0.849. The topological polar surface area (TPSA) is 38.5 Å². The average Bonchev–Trinajstić information content (AvgIpc) is 3.48. The monoisotopic (exact) mass is 418 g/mol. The van der Waals surface area contributed by atoms with Crippen LogP contribution in [0.1, 0.15) is 44.9 Å². The van der Waals surface area contributed by atoms with Crippen LogP contribution in [0, 0.1) is 0 Å². The van der Waals surface area contributed by atoms with Crippen LogP contribution in [0.2, 0.25) is 0 Å². The molecule has 1 aromatic rings. The van der Waals surface area contributed by atoms with E-state index in [4.69, 9.17) is 26.2 Å². The highest BCUT2D eigenvalue weighted by molar-refractivity contribution is 8.15. The van der Waals surface area contributed by atoms with Gasteiger partial charge in [-0.3, -0.25) is 0 Å². The zero-order valence-corrected chi connectivity index (χ0v) is 18.0. The summed E-state index contributed by atoms with van der Waals surface area (Å²) in [5.41, 5.74) is 3.72. The first-order valence-corrected chi connectivity index (χ1v) is 13.3. The first kappa shape index (κ1) is 19.0. The van der Waals surface area contributed by atoms with Gasteiger partial charge in [0.15, 0.2) is 0 Å². The van der Waals surface area contributed by atoms with Crippen LogP contribution in [0.4, 0.5) is 5.69 Å². The van der Waals surface area contributed by atoms with Crippen molar-refractivity contribution in [1.29, 1.82) is 0 Å². The Hall–Kier alpha value is -1.04. The number of hydrazone groups is 1. The third kappa shape index (κ3) is 3.40. The molecule has 5 nitrogen and oxygen atoms in total. The van der Waals surface area contributed by atoms with Crippen molar-refractivity contribution in [3.63, 3.8) is 0 Å². The van der Waals surface area contributed by atoms with Gasteiger partial charge in [0.2, 0.25) is 6.42 Å². The Labute approximate surface area is 172 Å². The van der Waals surface area contributed by atoms with Crippen LogP contribution in [0.15, 0.2) is 46.4 Å². The number of rotatable bonds is 5. The summed E-state index contributed by atoms with van der Waals surface area (Å²) < 4.78 is 14.5. The predicted molar refractivity (Wildman–Crippen MR) is 116 cm³/mol. The summed E-state index contributed by atoms with van der Waals surface area (Å²) in [5, 5.41) is 6.34. The number of likely N-dealkylation sites (tertiary alicyclic amines) is 1. The van der Waals surface area contributed by atoms with Gasteiger partial charge in [0, 0.05) is 25.9 Å². The molecule has 1 aromatic carbocycles. The number of anilines is 1. The molecule has 0 spiro atoms. The third-order valence-electron chi connectivity index (χ3n) is 6.23. The SMILES string of the molecule is S=[P@@]1(OC[C@@H]2CCCO2)C2=C([NH+]3CCCC3)CCCC2=NN1c1ccccc1. The van der Waals surface area contributed by atoms with E-state index in [0.29, 0.717) is 6.61 Å². The number of fused-ring (bicyclic) bond motifs is 1. The standard InChI is InChI=1S/C21H28N3O2PS/c28-27(26-16-18-10-7-15-25-18)21-19(22-24(27)17-8-2-1-3-9-17)11-6-12-20(21)23-13-4-5-14-23/h1-3,8-9,18H,4-7,10-16H2/p+1/t18-,27-/m0/s1. The van der Waals surface area contributed by atoms with Crippen LogP contribution in [0.5, 0.6) is 0 Å². The highest BCUT2D eigenvalue weighted by Crippen LogP contribution is 2.66. The van der Waals surface area contributed by atoms with Crippen molar-refractivity contribution < 1.29 is 14.2 Å². The van der Waals surface area contributed by atoms with Gasteiger partial charge in [-0.15, -0.1) is 0 Å². The molecule has 1 N–H and O–H groups in total. The lowest BCUT2D eigenvalue weighted by atomic mass is 10.0. The molecule has 0 radical (unpaired) electrons. The maximum absolute atomic E-state index is 6.64. The number of nitrogens with zero attached hydrogens (tertiary/aromatic N) is 2. The number of nitrogens with one attached hydrogen (secondary N) is 1. The van der Waals surface area contributed by atoms with Gasteiger partial charge in [0.25, 0.3) is 0 Å². The molecule has 5 rings (SSSR count). The van der Waals surface area contributed by atoms with E-state index in [1.165, 1.54) is 49.1 Å². The largest absolute Gasteiger partial charge is 0.376 e. The Morgan fingerprint density at radius 1 is 1.14 bits per heavy atom. The maximum Gasteiger partial charge on any atom is 0.213 e. The van der Waals surface area contributed by atoms with Gasteiger partial charge in [0.1, 0.15) is 11.0 Å². The molecule has 4 aliphatic rings. The molecule has 3 heterocycles. The fourth-order valence-corrected chi connectivity index (χ4v) is 8.62. The Kier molecular flexibility index (Phi) is 5.42. The highest BCUT2D eigenvalue weighted by atomic mass is 32.4. The molecule has 1 aliphatic carbocycles. The molecule has 0 bridgehead atoms. The molecule has 28 heavy (non-hydrogen) atoms. The van der Waals surface area contributed by atoms with Gasteiger partial charge in [-0.05, 0) is 49.6 Å². The smallest absolute Gasteiger partial charge is 0.213 e. The van der Waals surface area contributed by atoms with Gasteiger partial charge in [-0.1, -0.05) is 18.2 Å². The van der Waals surface area contributed by atoms with Crippen LogP contribution in [0.25, 0.3) is 0 Å². The Bertz CT molecular complexity index is 829. The molecule has 0 saturated carbocycles. The predicted octanol–water partition coefficient (Wildman–Crippen LogP) is 3.44. The van der Waals surface area contributed by atoms with Gasteiger partial charge >= 0.3 is 0 Å². The molecule has 0 aromatic heterocycles. The molecule has 3 aliphatic heterocycles. The minimum absolute atomic E-state index is 0.174. The molecule has 0 amide bonds. The van der Waals surface area contributed by atoms with Gasteiger partial charge in [-0.2, -0.15) is 5.10 Å². The van der Waals surface area contributed by atoms with E-state index in [1.807, 2.05) is 6.07 Å². The van der Waals surface area contributed by atoms with Crippen LogP contribution >= 0.6 is 6.42 Å². The molecule has 2 saturated heterocycles. The highest BCUT2D eigenvalue weighted by Gasteiger charge is 2.47. The van der Waals surface area contributed by atoms with E-state index >= 15 is 0 Å². The van der Waals surface area contributed by atoms with Crippen LogP contribution in [-0.2, 0) is 21.1 Å². The average molecular weight is 419 g/mol. The Morgan fingerprint density at radius 3 is 2.71 bits per heavy atom. The Balaban J connectivity index is 1.55. The van der Waals surface area contributed by atoms with E-state index in [0.717, 1.165) is 38.0 Å². The van der Waals surface area contributed by atoms with Crippen molar-refractivity contribution in [3.8, 4) is 0 Å². The number of hydrogen-bond donors (Lipinski definition) is 1. The van der Waals surface area contributed by atoms with E-state index in [-0.39, 0.29) is 6.10 Å². The zero-order valence-electron chi connectivity index (χ0n) is 16.3. The van der Waals surface area contributed by atoms with Crippen molar-refractivity contribution >= 4 is 29.6 Å². The summed E-state index contributed by atoms with van der Waals surface area (Å²) in [5.74, 6) is 0. The summed E-state index contributed by atoms with van der Waals surface area (Å²) in [6.45, 7) is 3.86. The van der Waals surface area contributed by atoms with E-state index in [2.05, 4.69) is 29.0 Å². The van der Waals surface area contributed by atoms with Crippen LogP contribution in [-0.4, -0.2) is 38.1 Å². The van der Waals surface area contributed by atoms with Crippen molar-refractivity contribution in [2.24, 2.45) is 5.10 Å². The summed E-state index contributed by atoms with van der Waals surface area (Å²) in [4.78, 5) is 1.62. The molecule has 7 heteroatoms. The normalized spacial score (nSPS) is 30.8. The summed E-state index contributed by atoms with van der Waals surface area (Å²) in [7, 11) is 0. The summed E-state index contributed by atoms with van der Waals surface area (Å²) >= 11 is 6.39. The van der Waals surface area contributed by atoms with Crippen molar-refractivity contribution in [2.75, 3.05) is 31.1 Å². The van der Waals surface area contributed by atoms with Crippen molar-refractivity contribution in [2.45, 2.75) is 51.0 Å². The number of ether oxygens (including phenoxy) is 1. The van der Waals surface area contributed by atoms with E-state index in [1.54, 1.807) is 4.90 Å². The summed E-state index contributed by atoms with van der Waals surface area (Å²) in [6.07, 6.45) is 5.83. The number of hydrogen-bond acceptors (Lipinski definition) is 4. The van der Waals surface area contributed by atoms with Crippen LogP contribution < -0.4 is 9.68 Å². The molecule has 150 valence electrons. The van der Waals surface area contributed by atoms with Crippen molar-refractivity contribution in [1.82, 2.24) is 0 Å². The fraction of sp³-hybridized carbons (Fsp3) is 0.571. The first-order chi connectivity index (χ1) is 13.8. The van der Waals surface area contributed by atoms with Gasteiger partial charge in [-0.25, -0.2) is 4.78 Å². The molecular formula is C21H29N3O2PS+. The number of quaternary nitrogens is 1. The fourth-order valence-electron chi connectivity index (χ4n) is 4.84. The zero-order chi connectivity index (χ0) is 19.0. The molecular weight excluding hydrogens is 389 g/mol. The minimum atomic E-state index is -2.45. The van der Waals surface area contributed by atoms with Crippen molar-refractivity contribution in [3.05, 3.63) is 41.3 Å².